The number of nitrogens with one attached hydrogen (secondary N) is 4. The van der Waals surface area contributed by atoms with E-state index in [-0.39, 0.29) is 31.4 Å². The number of halogens is 3. The number of imidazole rings is 1. The maximum Gasteiger partial charge on any atom is 0.573 e. The number of anilines is 3. The van der Waals surface area contributed by atoms with E-state index < -0.39 is 18.1 Å². The highest BCUT2D eigenvalue weighted by molar-refractivity contribution is 6.00. The van der Waals surface area contributed by atoms with Crippen LogP contribution in [0.15, 0.2) is 97.7 Å². The lowest BCUT2D eigenvalue weighted by atomic mass is 10.1. The monoisotopic (exact) mass is 718 g/mol. The second-order valence-corrected chi connectivity index (χ2v) is 12.3. The van der Waals surface area contributed by atoms with Crippen molar-refractivity contribution in [2.45, 2.75) is 53.6 Å². The van der Waals surface area contributed by atoms with Gasteiger partial charge in [0.2, 0.25) is 6.79 Å². The van der Waals surface area contributed by atoms with Crippen molar-refractivity contribution in [3.05, 3.63) is 109 Å². The summed E-state index contributed by atoms with van der Waals surface area (Å²) >= 11 is 0. The van der Waals surface area contributed by atoms with Crippen LogP contribution in [0.1, 0.15) is 51.0 Å². The molecule has 1 aliphatic rings. The van der Waals surface area contributed by atoms with Gasteiger partial charge in [-0.05, 0) is 93.9 Å². The highest BCUT2D eigenvalue weighted by Gasteiger charge is 2.31. The standard InChI is InChI=1S/C34H31F3N6O5.C3H6.CH4/c1-33(2,3)42-30-29(21-5-8-23(9-6-21)39-32(45)40-24-10-12-25(13-11-24)48-34(35,36)37)41-28-15-7-22(18-43(28)30)31(44)38-17-20-4-14-26-27(16-20)47-19-46-26;1-3-2;/h4-16,18,42H,17,19H2,1-3H3,(H,38,44)(H2,39,40,45);3H,1H2,2H3;1H4. The topological polar surface area (TPSA) is 127 Å². The SMILES string of the molecule is C.C=CC.CC(C)(C)Nc1c(-c2ccc(NC(=O)Nc3ccc(OC(F)(F)F)cc3)cc2)nc2ccc(C(=O)NCc3ccc4c(c3)OCO4)cn12. The zero-order valence-electron chi connectivity index (χ0n) is 28.4. The van der Waals surface area contributed by atoms with E-state index in [2.05, 4.69) is 32.6 Å². The van der Waals surface area contributed by atoms with Gasteiger partial charge in [0, 0.05) is 35.2 Å². The molecule has 14 heteroatoms. The fourth-order valence-corrected chi connectivity index (χ4v) is 4.94. The Labute approximate surface area is 299 Å². The lowest BCUT2D eigenvalue weighted by Crippen LogP contribution is -2.27. The van der Waals surface area contributed by atoms with Gasteiger partial charge in [0.05, 0.1) is 5.56 Å². The van der Waals surface area contributed by atoms with Crippen molar-refractivity contribution in [1.29, 1.82) is 0 Å². The number of amides is 3. The summed E-state index contributed by atoms with van der Waals surface area (Å²) in [6.45, 7) is 11.8. The molecule has 3 aromatic carbocycles. The van der Waals surface area contributed by atoms with Crippen LogP contribution in [0.25, 0.3) is 16.9 Å². The molecule has 4 N–H and O–H groups in total. The Hall–Kier alpha value is -6.18. The van der Waals surface area contributed by atoms with Crippen molar-refractivity contribution in [3.63, 3.8) is 0 Å². The molecule has 1 aliphatic heterocycles. The first-order valence-corrected chi connectivity index (χ1v) is 15.8. The third-order valence-corrected chi connectivity index (χ3v) is 7.03. The molecule has 0 saturated carbocycles. The van der Waals surface area contributed by atoms with Gasteiger partial charge in [0.1, 0.15) is 22.9 Å². The Kier molecular flexibility index (Phi) is 12.1. The van der Waals surface area contributed by atoms with Gasteiger partial charge in [-0.15, -0.1) is 19.8 Å². The van der Waals surface area contributed by atoms with Gasteiger partial charge in [0.25, 0.3) is 5.91 Å². The van der Waals surface area contributed by atoms with Crippen molar-refractivity contribution >= 4 is 34.8 Å². The summed E-state index contributed by atoms with van der Waals surface area (Å²) in [5.74, 6) is 1.34. The first-order valence-electron chi connectivity index (χ1n) is 15.8. The number of allylic oxidation sites excluding steroid dienone is 1. The summed E-state index contributed by atoms with van der Waals surface area (Å²) in [7, 11) is 0. The van der Waals surface area contributed by atoms with Crippen molar-refractivity contribution in [3.8, 4) is 28.5 Å². The number of hydrogen-bond acceptors (Lipinski definition) is 7. The number of hydrogen-bond donors (Lipinski definition) is 4. The first kappa shape index (κ1) is 38.6. The molecule has 3 heterocycles. The molecule has 0 bridgehead atoms. The molecule has 0 fully saturated rings. The summed E-state index contributed by atoms with van der Waals surface area (Å²) < 4.78 is 53.7. The normalized spacial score (nSPS) is 11.8. The number of carbonyl (C=O) groups excluding carboxylic acids is 2. The summed E-state index contributed by atoms with van der Waals surface area (Å²) in [4.78, 5) is 30.5. The average molecular weight is 719 g/mol. The van der Waals surface area contributed by atoms with Crippen LogP contribution < -0.4 is 35.5 Å². The molecule has 0 unspecified atom stereocenters. The van der Waals surface area contributed by atoms with Crippen LogP contribution in [0.4, 0.5) is 35.2 Å². The minimum Gasteiger partial charge on any atom is -0.454 e. The van der Waals surface area contributed by atoms with Crippen molar-refractivity contribution in [2.24, 2.45) is 0 Å². The Morgan fingerprint density at radius 1 is 0.923 bits per heavy atom. The van der Waals surface area contributed by atoms with Gasteiger partial charge >= 0.3 is 12.4 Å². The first-order chi connectivity index (χ1) is 24.2. The van der Waals surface area contributed by atoms with Crippen LogP contribution in [0.3, 0.4) is 0 Å². The lowest BCUT2D eigenvalue weighted by Gasteiger charge is -2.22. The van der Waals surface area contributed by atoms with E-state index in [0.717, 1.165) is 23.3 Å². The number of ether oxygens (including phenoxy) is 3. The van der Waals surface area contributed by atoms with E-state index >= 15 is 0 Å². The van der Waals surface area contributed by atoms with E-state index in [1.807, 2.05) is 50.3 Å². The maximum absolute atomic E-state index is 13.2. The van der Waals surface area contributed by atoms with E-state index in [9.17, 15) is 22.8 Å². The maximum atomic E-state index is 13.2. The fraction of sp³-hybridized carbons (Fsp3) is 0.237. The Balaban J connectivity index is 0.00000146. The van der Waals surface area contributed by atoms with Crippen molar-refractivity contribution < 1.29 is 37.0 Å². The molecule has 0 aliphatic carbocycles. The number of pyridine rings is 1. The minimum atomic E-state index is -4.80. The molecule has 6 rings (SSSR count). The number of carbonyl (C=O) groups is 2. The quantitative estimate of drug-likeness (QED) is 0.118. The zero-order valence-corrected chi connectivity index (χ0v) is 28.4. The number of benzene rings is 3. The largest absolute Gasteiger partial charge is 0.573 e. The van der Waals surface area contributed by atoms with Gasteiger partial charge in [0.15, 0.2) is 11.5 Å². The molecule has 2 aromatic heterocycles. The Morgan fingerprint density at radius 3 is 2.15 bits per heavy atom. The zero-order chi connectivity index (χ0) is 36.8. The second-order valence-electron chi connectivity index (χ2n) is 12.3. The molecular weight excluding hydrogens is 677 g/mol. The predicted molar refractivity (Wildman–Crippen MR) is 196 cm³/mol. The van der Waals surface area contributed by atoms with E-state index in [1.54, 1.807) is 48.7 Å². The van der Waals surface area contributed by atoms with E-state index in [0.29, 0.717) is 46.5 Å². The molecule has 11 nitrogen and oxygen atoms in total. The Morgan fingerprint density at radius 2 is 1.54 bits per heavy atom. The number of rotatable bonds is 8. The summed E-state index contributed by atoms with van der Waals surface area (Å²) in [6.07, 6.45) is -1.32. The lowest BCUT2D eigenvalue weighted by molar-refractivity contribution is -0.274. The van der Waals surface area contributed by atoms with Gasteiger partial charge < -0.3 is 35.5 Å². The summed E-state index contributed by atoms with van der Waals surface area (Å²) in [5, 5.41) is 11.7. The van der Waals surface area contributed by atoms with Crippen LogP contribution in [0.5, 0.6) is 17.2 Å². The molecule has 0 spiro atoms. The fourth-order valence-electron chi connectivity index (χ4n) is 4.94. The number of aromatic nitrogens is 2. The van der Waals surface area contributed by atoms with Gasteiger partial charge in [-0.2, -0.15) is 0 Å². The summed E-state index contributed by atoms with van der Waals surface area (Å²) in [5.41, 5.74) is 3.74. The average Bonchev–Trinajstić information content (AvgIpc) is 3.68. The molecule has 0 radical (unpaired) electrons. The number of urea groups is 1. The number of fused-ring (bicyclic) bond motifs is 2. The molecular formula is C38H41F3N6O5. The summed E-state index contributed by atoms with van der Waals surface area (Å²) in [6, 6.07) is 20.2. The highest BCUT2D eigenvalue weighted by Crippen LogP contribution is 2.34. The predicted octanol–water partition coefficient (Wildman–Crippen LogP) is 9.24. The van der Waals surface area contributed by atoms with Gasteiger partial charge in [-0.3, -0.25) is 9.20 Å². The van der Waals surface area contributed by atoms with Crippen molar-refractivity contribution in [1.82, 2.24) is 14.7 Å². The second kappa shape index (κ2) is 16.2. The Bertz CT molecular complexity index is 2020. The van der Waals surface area contributed by atoms with Crippen LogP contribution in [0, 0.1) is 0 Å². The molecule has 0 atom stereocenters. The molecule has 52 heavy (non-hydrogen) atoms. The van der Waals surface area contributed by atoms with Crippen LogP contribution in [-0.4, -0.2) is 40.0 Å². The number of alkyl halides is 3. The molecule has 274 valence electrons. The minimum absolute atomic E-state index is 0. The van der Waals surface area contributed by atoms with Gasteiger partial charge in [-0.1, -0.05) is 31.7 Å². The van der Waals surface area contributed by atoms with E-state index in [1.165, 1.54) is 12.1 Å². The third kappa shape index (κ3) is 10.2. The highest BCUT2D eigenvalue weighted by atomic mass is 19.4. The van der Waals surface area contributed by atoms with Gasteiger partial charge in [-0.25, -0.2) is 9.78 Å². The van der Waals surface area contributed by atoms with Crippen LogP contribution >= 0.6 is 0 Å². The smallest absolute Gasteiger partial charge is 0.454 e. The van der Waals surface area contributed by atoms with Crippen molar-refractivity contribution in [2.75, 3.05) is 22.7 Å². The van der Waals surface area contributed by atoms with Crippen LogP contribution in [-0.2, 0) is 6.54 Å². The van der Waals surface area contributed by atoms with Crippen LogP contribution in [0.2, 0.25) is 0 Å². The van der Waals surface area contributed by atoms with E-state index in [4.69, 9.17) is 14.5 Å². The number of nitrogens with zero attached hydrogens (tertiary/aromatic N) is 2. The molecule has 3 amide bonds. The molecule has 0 saturated heterocycles. The molecule has 5 aromatic rings. The third-order valence-electron chi connectivity index (χ3n) is 7.03.